The van der Waals surface area contributed by atoms with E-state index in [9.17, 15) is 9.59 Å². The Morgan fingerprint density at radius 1 is 0.449 bits per heavy atom. The van der Waals surface area contributed by atoms with Gasteiger partial charge in [0.2, 0.25) is 0 Å². The normalized spacial score (nSPS) is 40.5. The van der Waals surface area contributed by atoms with Crippen molar-refractivity contribution in [3.05, 3.63) is 0 Å². The lowest BCUT2D eigenvalue weighted by Crippen LogP contribution is -2.68. The van der Waals surface area contributed by atoms with Gasteiger partial charge < -0.3 is 182 Å². The summed E-state index contributed by atoms with van der Waals surface area (Å²) in [4.78, 5) is 23.8. The molecule has 10 heterocycles. The summed E-state index contributed by atoms with van der Waals surface area (Å²) in [6.45, 7) is -0.0929. The second kappa shape index (κ2) is 35.2. The zero-order chi connectivity index (χ0) is 55.6. The summed E-state index contributed by atoms with van der Waals surface area (Å²) < 4.78 is 235. The van der Waals surface area contributed by atoms with Gasteiger partial charge in [0.25, 0.3) is 40.0 Å². The van der Waals surface area contributed by atoms with Gasteiger partial charge >= 0.3 is 199 Å². The molecule has 12 bridgehead atoms. The first-order valence-electron chi connectivity index (χ1n) is 21.6. The SMILES string of the molecule is CO[SiH2]OCO[SiH2]O[Si](OC)(OC)O[SiH](O[SiH2]OC)O[Si]1(O)O[SiH]2O[SiH2]O[SiH2]O[Si@@H]3O[SiH](O[SiH2]O[SiH](OC)O[Si](OC)(OC)O[SiH](OC)O[SiH](O2)O[Si](O)(OC)O3)O1.O1[SiH]2O[SiH]3O[SiH]4O[SiH]1O[SiH]1O[SiH](O2)O[SiH](O3)O[SiH](O4)O1. The van der Waals surface area contributed by atoms with Crippen LogP contribution in [-0.4, -0.2) is 320 Å². The quantitative estimate of drug-likeness (QED) is 0.0612. The van der Waals surface area contributed by atoms with Gasteiger partial charge in [0, 0.05) is 64.0 Å². The average molecular weight is 1570 g/mol. The average Bonchev–Trinajstić information content (AvgIpc) is 3.38. The van der Waals surface area contributed by atoms with Crippen LogP contribution in [0, 0.1) is 0 Å². The van der Waals surface area contributed by atoms with Crippen LogP contribution in [0.1, 0.15) is 0 Å². The predicted octanol–water partition coefficient (Wildman–Crippen LogP) is -19.1. The van der Waals surface area contributed by atoms with Crippen LogP contribution in [0.5, 0.6) is 0 Å². The molecule has 10 saturated heterocycles. The van der Waals surface area contributed by atoms with Gasteiger partial charge in [-0.05, 0) is 0 Å². The van der Waals surface area contributed by atoms with E-state index in [0.29, 0.717) is 0 Å². The van der Waals surface area contributed by atoms with Gasteiger partial charge in [-0.25, -0.2) is 0 Å². The molecule has 0 aromatic heterocycles. The van der Waals surface area contributed by atoms with Crippen LogP contribution in [0.25, 0.3) is 0 Å². The van der Waals surface area contributed by atoms with E-state index in [2.05, 4.69) is 0 Å². The molecule has 8 unspecified atom stereocenters. The number of hydrogen-bond donors (Lipinski definition) is 2. The maximum absolute atomic E-state index is 12.3. The molecule has 68 heteroatoms. The van der Waals surface area contributed by atoms with Crippen LogP contribution >= 0.6 is 0 Å². The highest BCUT2D eigenvalue weighted by Gasteiger charge is 2.60. The second-order valence-corrected chi connectivity index (χ2v) is 66.3. The molecule has 0 aliphatic carbocycles. The Morgan fingerprint density at radius 2 is 0.872 bits per heavy atom. The molecular weight excluding hydrogens is 1510 g/mol. The molecule has 10 aliphatic rings. The molecule has 10 aliphatic heterocycles. The summed E-state index contributed by atoms with van der Waals surface area (Å²) in [7, 11) is -63.6. The lowest BCUT2D eigenvalue weighted by atomic mass is 11.6. The zero-order valence-electron chi connectivity index (χ0n) is 42.2. The van der Waals surface area contributed by atoms with E-state index in [1.807, 2.05) is 0 Å². The minimum Gasteiger partial charge on any atom is -0.425 e. The van der Waals surface area contributed by atoms with Crippen LogP contribution < -0.4 is 0 Å². The minimum atomic E-state index is -5.26. The topological polar surface area (TPSA) is 419 Å². The van der Waals surface area contributed by atoms with Crippen molar-refractivity contribution < 1.29 is 182 Å². The van der Waals surface area contributed by atoms with Crippen molar-refractivity contribution in [1.29, 1.82) is 0 Å². The van der Waals surface area contributed by atoms with Crippen molar-refractivity contribution in [2.24, 2.45) is 0 Å². The minimum absolute atomic E-state index is 0.0929. The maximum atomic E-state index is 12.3. The largest absolute Gasteiger partial charge is 0.663 e. The molecule has 0 saturated carbocycles. The Morgan fingerprint density at radius 3 is 1.32 bits per heavy atom. The number of hydrogen-bond acceptors (Lipinski definition) is 43. The van der Waals surface area contributed by atoms with E-state index in [1.54, 1.807) is 0 Å². The molecule has 0 amide bonds. The van der Waals surface area contributed by atoms with Crippen LogP contribution in [0.4, 0.5) is 0 Å². The first-order chi connectivity index (χ1) is 37.7. The van der Waals surface area contributed by atoms with Crippen LogP contribution in [0.2, 0.25) is 0 Å². The molecule has 10 rings (SSSR count). The first kappa shape index (κ1) is 69.2. The summed E-state index contributed by atoms with van der Waals surface area (Å²) in [5.74, 6) is 0. The van der Waals surface area contributed by atoms with Gasteiger partial charge in [-0.2, -0.15) is 0 Å². The van der Waals surface area contributed by atoms with Crippen LogP contribution in [0.3, 0.4) is 0 Å². The van der Waals surface area contributed by atoms with Crippen LogP contribution in [0.15, 0.2) is 0 Å². The predicted molar refractivity (Wildman–Crippen MR) is 289 cm³/mol. The van der Waals surface area contributed by atoms with E-state index in [1.165, 1.54) is 56.9 Å². The third kappa shape index (κ3) is 22.0. The highest BCUT2D eigenvalue weighted by Crippen LogP contribution is 2.27. The van der Waals surface area contributed by atoms with E-state index >= 15 is 0 Å². The molecule has 0 spiro atoms. The fourth-order valence-corrected chi connectivity index (χ4v) is 77.2. The number of rotatable bonds is 21. The van der Waals surface area contributed by atoms with Gasteiger partial charge in [0.1, 0.15) is 6.79 Å². The van der Waals surface area contributed by atoms with Gasteiger partial charge in [-0.15, -0.1) is 0 Å². The first-order valence-corrected chi connectivity index (χ1v) is 56.4. The molecule has 456 valence electrons. The van der Waals surface area contributed by atoms with Gasteiger partial charge in [0.15, 0.2) is 0 Å². The second-order valence-electron chi connectivity index (χ2n) is 13.8. The van der Waals surface area contributed by atoms with Crippen molar-refractivity contribution in [3.63, 3.8) is 0 Å². The molecule has 78 heavy (non-hydrogen) atoms. The maximum Gasteiger partial charge on any atom is 0.663 e. The standard InChI is InChI=1S/C10H50O31Si17.H8O12Si8/c1-13-42-22-10-23-44-30-57(18-6,19-7)41-53(25-43-14-2)37-56(12)35-51-27-46-24-45-26-50-32-52(36-56)29-47-28-48(15-3)39-58(20-8,21-9)40-49(16-4)31-54(33-51)38-55(11,17-5)34-50;1-13-2-15-6-17-4-14(1)5-18-7-16(3-13)9-19(8-15)12-20(10-17)11-18/h11-12,48-54H,10,42-47H2,1-9H3;13-20H/t48?,49?,50-,51?,52?,53?,54?,55?,56?;/m1./s1. The van der Waals surface area contributed by atoms with E-state index in [-0.39, 0.29) is 6.79 Å². The number of fused-ring (bicyclic) bond motifs is 6. The summed E-state index contributed by atoms with van der Waals surface area (Å²) >= 11 is 0. The van der Waals surface area contributed by atoms with Crippen LogP contribution in [-0.2, 0) is 172 Å². The smallest absolute Gasteiger partial charge is 0.425 e. The monoisotopic (exact) mass is 1570 g/mol. The Hall–Kier alpha value is 3.70. The fraction of sp³-hybridized carbons (Fsp3) is 1.00. The molecule has 2 N–H and O–H groups in total. The lowest BCUT2D eigenvalue weighted by Gasteiger charge is -2.44. The Balaban J connectivity index is 0.000000358. The highest BCUT2D eigenvalue weighted by atomic mass is 28.6. The van der Waals surface area contributed by atoms with E-state index in [4.69, 9.17) is 172 Å². The molecule has 43 nitrogen and oxygen atoms in total. The fourth-order valence-electron chi connectivity index (χ4n) is 5.54. The molecule has 10 fully saturated rings. The van der Waals surface area contributed by atoms with Gasteiger partial charge in [-0.3, -0.25) is 0 Å². The third-order valence-electron chi connectivity index (χ3n) is 8.92. The van der Waals surface area contributed by atoms with E-state index in [0.717, 1.165) is 7.11 Å². The summed E-state index contributed by atoms with van der Waals surface area (Å²) in [5.41, 5.74) is 0. The third-order valence-corrected chi connectivity index (χ3v) is 67.0. The molecule has 0 radical (unpaired) electrons. The summed E-state index contributed by atoms with van der Waals surface area (Å²) in [6.07, 6.45) is 0. The van der Waals surface area contributed by atoms with Crippen molar-refractivity contribution in [3.8, 4) is 0 Å². The van der Waals surface area contributed by atoms with E-state index < -0.39 is 239 Å². The Labute approximate surface area is 488 Å². The molecular formula is C10H58O43Si25. The van der Waals surface area contributed by atoms with Crippen molar-refractivity contribution in [1.82, 2.24) is 0 Å². The summed E-state index contributed by atoms with van der Waals surface area (Å²) in [5, 5.41) is 0. The Kier molecular flexibility index (Phi) is 31.2. The molecule has 9 atom stereocenters. The zero-order valence-corrected chi connectivity index (χ0v) is 72.0. The van der Waals surface area contributed by atoms with Gasteiger partial charge in [0.05, 0.1) is 0 Å². The molecule has 0 aromatic rings. The van der Waals surface area contributed by atoms with Crippen molar-refractivity contribution in [2.45, 2.75) is 0 Å². The van der Waals surface area contributed by atoms with Gasteiger partial charge in [-0.1, -0.05) is 0 Å². The lowest BCUT2D eigenvalue weighted by molar-refractivity contribution is 0.0210. The Bertz CT molecular complexity index is 1540. The molecule has 0 aromatic carbocycles. The van der Waals surface area contributed by atoms with Crippen molar-refractivity contribution >= 4 is 239 Å². The van der Waals surface area contributed by atoms with Crippen molar-refractivity contribution in [2.75, 3.05) is 70.8 Å². The summed E-state index contributed by atoms with van der Waals surface area (Å²) in [6, 6.07) is 0. The highest BCUT2D eigenvalue weighted by molar-refractivity contribution is 6.83.